The Morgan fingerprint density at radius 3 is 2.65 bits per heavy atom. The molecule has 3 aromatic rings. The topological polar surface area (TPSA) is 65.4 Å². The van der Waals surface area contributed by atoms with Crippen LogP contribution in [0, 0.1) is 11.3 Å². The van der Waals surface area contributed by atoms with Gasteiger partial charge in [0.2, 0.25) is 0 Å². The number of ether oxygens (including phenoxy) is 1. The smallest absolute Gasteiger partial charge is 0.266 e. The van der Waals surface area contributed by atoms with Crippen molar-refractivity contribution in [3.63, 3.8) is 0 Å². The summed E-state index contributed by atoms with van der Waals surface area (Å²) in [4.78, 5) is 17.4. The number of rotatable bonds is 4. The molecule has 1 fully saturated rings. The van der Waals surface area contributed by atoms with Gasteiger partial charge < -0.3 is 15.0 Å². The van der Waals surface area contributed by atoms with Gasteiger partial charge in [-0.25, -0.2) is 0 Å². The lowest BCUT2D eigenvalue weighted by atomic mass is 9.96. The molecule has 2 aromatic heterocycles. The SMILES string of the molecule is N#Cc1c(NC(=O)c2cc(-c3ccccc3)c(N3CCOCC3)s2)sc2c1CCCC2. The first-order chi connectivity index (χ1) is 15.2. The van der Waals surface area contributed by atoms with Gasteiger partial charge in [-0.15, -0.1) is 22.7 Å². The van der Waals surface area contributed by atoms with Crippen LogP contribution in [0.15, 0.2) is 36.4 Å². The summed E-state index contributed by atoms with van der Waals surface area (Å²) in [5.41, 5.74) is 3.97. The molecule has 1 saturated heterocycles. The number of morpholine rings is 1. The van der Waals surface area contributed by atoms with E-state index in [2.05, 4.69) is 28.4 Å². The minimum Gasteiger partial charge on any atom is -0.378 e. The number of carbonyl (C=O) groups is 1. The first-order valence-electron chi connectivity index (χ1n) is 10.6. The number of hydrogen-bond donors (Lipinski definition) is 1. The van der Waals surface area contributed by atoms with Crippen LogP contribution in [0.1, 0.15) is 38.5 Å². The summed E-state index contributed by atoms with van der Waals surface area (Å²) < 4.78 is 5.52. The van der Waals surface area contributed by atoms with Crippen molar-refractivity contribution in [1.82, 2.24) is 0 Å². The first-order valence-corrected chi connectivity index (χ1v) is 12.3. The highest BCUT2D eigenvalue weighted by atomic mass is 32.1. The van der Waals surface area contributed by atoms with Crippen LogP contribution < -0.4 is 10.2 Å². The fraction of sp³-hybridized carbons (Fsp3) is 0.333. The molecule has 0 spiro atoms. The molecule has 1 N–H and O–H groups in total. The van der Waals surface area contributed by atoms with Gasteiger partial charge in [-0.3, -0.25) is 4.79 Å². The van der Waals surface area contributed by atoms with E-state index < -0.39 is 0 Å². The second-order valence-corrected chi connectivity index (χ2v) is 9.91. The van der Waals surface area contributed by atoms with Crippen molar-refractivity contribution in [2.24, 2.45) is 0 Å². The molecule has 1 aliphatic carbocycles. The molecule has 0 saturated carbocycles. The Hall–Kier alpha value is -2.66. The molecular weight excluding hydrogens is 426 g/mol. The van der Waals surface area contributed by atoms with E-state index in [1.54, 1.807) is 11.3 Å². The van der Waals surface area contributed by atoms with Crippen molar-refractivity contribution in [3.8, 4) is 17.2 Å². The Kier molecular flexibility index (Phi) is 5.77. The fourth-order valence-corrected chi connectivity index (χ4v) is 6.62. The zero-order chi connectivity index (χ0) is 21.2. The largest absolute Gasteiger partial charge is 0.378 e. The second-order valence-electron chi connectivity index (χ2n) is 7.78. The quantitative estimate of drug-likeness (QED) is 0.586. The van der Waals surface area contributed by atoms with E-state index in [9.17, 15) is 10.1 Å². The third-order valence-electron chi connectivity index (χ3n) is 5.83. The number of nitrogens with zero attached hydrogens (tertiary/aromatic N) is 2. The Morgan fingerprint density at radius 1 is 1.10 bits per heavy atom. The molecule has 5 nitrogen and oxygen atoms in total. The first kappa shape index (κ1) is 20.3. The molecule has 0 atom stereocenters. The Labute approximate surface area is 189 Å². The number of aryl methyl sites for hydroxylation is 1. The summed E-state index contributed by atoms with van der Waals surface area (Å²) in [7, 11) is 0. The maximum atomic E-state index is 13.2. The Balaban J connectivity index is 1.48. The van der Waals surface area contributed by atoms with Crippen LogP contribution in [-0.2, 0) is 17.6 Å². The lowest BCUT2D eigenvalue weighted by Crippen LogP contribution is -2.35. The van der Waals surface area contributed by atoms with Crippen LogP contribution in [0.3, 0.4) is 0 Å². The molecule has 5 rings (SSSR count). The van der Waals surface area contributed by atoms with E-state index in [-0.39, 0.29) is 5.91 Å². The molecule has 0 radical (unpaired) electrons. The van der Waals surface area contributed by atoms with E-state index >= 15 is 0 Å². The van der Waals surface area contributed by atoms with E-state index in [1.165, 1.54) is 16.2 Å². The summed E-state index contributed by atoms with van der Waals surface area (Å²) in [5, 5.41) is 14.6. The van der Waals surface area contributed by atoms with Gasteiger partial charge in [-0.1, -0.05) is 30.3 Å². The number of anilines is 2. The Bertz CT molecular complexity index is 1140. The van der Waals surface area contributed by atoms with Crippen molar-refractivity contribution in [3.05, 3.63) is 57.3 Å². The van der Waals surface area contributed by atoms with Gasteiger partial charge in [-0.2, -0.15) is 5.26 Å². The molecule has 1 aromatic carbocycles. The number of thiophene rings is 2. The summed E-state index contributed by atoms with van der Waals surface area (Å²) in [6.07, 6.45) is 4.20. The van der Waals surface area contributed by atoms with Gasteiger partial charge in [0.15, 0.2) is 0 Å². The zero-order valence-corrected chi connectivity index (χ0v) is 18.8. The standard InChI is InChI=1S/C24H23N3O2S2/c25-15-19-17-8-4-5-9-20(17)30-23(19)26-22(28)21-14-18(16-6-2-1-3-7-16)24(31-21)27-10-12-29-13-11-27/h1-3,6-7,14H,4-5,8-13H2,(H,26,28). The summed E-state index contributed by atoms with van der Waals surface area (Å²) in [6.45, 7) is 3.02. The average molecular weight is 450 g/mol. The average Bonchev–Trinajstić information content (AvgIpc) is 3.42. The van der Waals surface area contributed by atoms with E-state index in [0.29, 0.717) is 28.7 Å². The third-order valence-corrected chi connectivity index (χ3v) is 8.23. The molecular formula is C24H23N3O2S2. The molecule has 3 heterocycles. The maximum Gasteiger partial charge on any atom is 0.266 e. The molecule has 7 heteroatoms. The fourth-order valence-electron chi connectivity index (χ4n) is 4.26. The number of benzene rings is 1. The molecule has 158 valence electrons. The van der Waals surface area contributed by atoms with Crippen LogP contribution in [0.5, 0.6) is 0 Å². The highest BCUT2D eigenvalue weighted by Crippen LogP contribution is 2.41. The number of nitriles is 1. The molecule has 2 aliphatic rings. The van der Waals surface area contributed by atoms with Gasteiger partial charge in [0, 0.05) is 23.5 Å². The summed E-state index contributed by atoms with van der Waals surface area (Å²) >= 11 is 3.08. The molecule has 1 amide bonds. The van der Waals surface area contributed by atoms with Crippen LogP contribution in [0.2, 0.25) is 0 Å². The number of fused-ring (bicyclic) bond motifs is 1. The van der Waals surface area contributed by atoms with Gasteiger partial charge in [0.05, 0.1) is 28.7 Å². The van der Waals surface area contributed by atoms with Gasteiger partial charge in [0.1, 0.15) is 11.1 Å². The van der Waals surface area contributed by atoms with Crippen molar-refractivity contribution >= 4 is 38.6 Å². The van der Waals surface area contributed by atoms with Crippen molar-refractivity contribution < 1.29 is 9.53 Å². The van der Waals surface area contributed by atoms with Crippen molar-refractivity contribution in [2.75, 3.05) is 36.5 Å². The van der Waals surface area contributed by atoms with E-state index in [4.69, 9.17) is 4.74 Å². The Morgan fingerprint density at radius 2 is 1.87 bits per heavy atom. The molecule has 1 aliphatic heterocycles. The highest BCUT2D eigenvalue weighted by Gasteiger charge is 2.25. The van der Waals surface area contributed by atoms with Crippen LogP contribution in [-0.4, -0.2) is 32.2 Å². The van der Waals surface area contributed by atoms with E-state index in [1.807, 2.05) is 24.3 Å². The number of amides is 1. The summed E-state index contributed by atoms with van der Waals surface area (Å²) in [6, 6.07) is 14.5. The number of nitrogens with one attached hydrogen (secondary N) is 1. The molecule has 0 unspecified atom stereocenters. The normalized spacial score (nSPS) is 15.9. The predicted octanol–water partition coefficient (Wildman–Crippen LogP) is 5.32. The maximum absolute atomic E-state index is 13.2. The zero-order valence-electron chi connectivity index (χ0n) is 17.1. The molecule has 31 heavy (non-hydrogen) atoms. The van der Waals surface area contributed by atoms with Crippen molar-refractivity contribution in [2.45, 2.75) is 25.7 Å². The van der Waals surface area contributed by atoms with Crippen LogP contribution >= 0.6 is 22.7 Å². The van der Waals surface area contributed by atoms with Crippen LogP contribution in [0.4, 0.5) is 10.0 Å². The van der Waals surface area contributed by atoms with E-state index in [0.717, 1.165) is 60.5 Å². The van der Waals surface area contributed by atoms with Gasteiger partial charge >= 0.3 is 0 Å². The monoisotopic (exact) mass is 449 g/mol. The van der Waals surface area contributed by atoms with Crippen LogP contribution in [0.25, 0.3) is 11.1 Å². The third kappa shape index (κ3) is 3.99. The number of carbonyl (C=O) groups excluding carboxylic acids is 1. The van der Waals surface area contributed by atoms with Gasteiger partial charge in [0.25, 0.3) is 5.91 Å². The lowest BCUT2D eigenvalue weighted by molar-refractivity contribution is 0.103. The second kappa shape index (κ2) is 8.83. The summed E-state index contributed by atoms with van der Waals surface area (Å²) in [5.74, 6) is -0.142. The van der Waals surface area contributed by atoms with Crippen molar-refractivity contribution in [1.29, 1.82) is 5.26 Å². The predicted molar refractivity (Wildman–Crippen MR) is 126 cm³/mol. The lowest BCUT2D eigenvalue weighted by Gasteiger charge is -2.28. The number of hydrogen-bond acceptors (Lipinski definition) is 6. The molecule has 0 bridgehead atoms. The van der Waals surface area contributed by atoms with Gasteiger partial charge in [-0.05, 0) is 42.9 Å². The minimum atomic E-state index is -0.142. The minimum absolute atomic E-state index is 0.142. The highest BCUT2D eigenvalue weighted by molar-refractivity contribution is 7.19.